The minimum absolute atomic E-state index is 0.0102. The number of amides is 1. The van der Waals surface area contributed by atoms with Gasteiger partial charge in [0.15, 0.2) is 0 Å². The maximum Gasteiger partial charge on any atom is 0.275 e. The van der Waals surface area contributed by atoms with Gasteiger partial charge >= 0.3 is 0 Å². The summed E-state index contributed by atoms with van der Waals surface area (Å²) in [5.74, 6) is 0.0102. The summed E-state index contributed by atoms with van der Waals surface area (Å²) in [6.45, 7) is 3.88. The highest BCUT2D eigenvalue weighted by Crippen LogP contribution is 2.20. The summed E-state index contributed by atoms with van der Waals surface area (Å²) >= 11 is 0. The molecule has 0 bridgehead atoms. The molecule has 2 aromatic rings. The number of hydrogen-bond acceptors (Lipinski definition) is 3. The van der Waals surface area contributed by atoms with E-state index in [-0.39, 0.29) is 11.5 Å². The zero-order chi connectivity index (χ0) is 18.0. The molecule has 1 saturated heterocycles. The highest BCUT2D eigenvalue weighted by molar-refractivity contribution is 6.05. The van der Waals surface area contributed by atoms with Crippen LogP contribution >= 0.6 is 0 Å². The number of H-pyrrole nitrogens is 1. The van der Waals surface area contributed by atoms with Gasteiger partial charge in [0.25, 0.3) is 11.5 Å². The van der Waals surface area contributed by atoms with Crippen LogP contribution in [-0.2, 0) is 6.54 Å². The first kappa shape index (κ1) is 17.5. The normalized spacial score (nSPS) is 16.4. The Morgan fingerprint density at radius 1 is 1.36 bits per heavy atom. The van der Waals surface area contributed by atoms with Crippen LogP contribution in [0, 0.1) is 0 Å². The summed E-state index contributed by atoms with van der Waals surface area (Å²) in [5.41, 5.74) is 1.00. The van der Waals surface area contributed by atoms with Crippen molar-refractivity contribution >= 4 is 16.8 Å². The monoisotopic (exact) mass is 342 g/mol. The second-order valence-corrected chi connectivity index (χ2v) is 6.82. The Bertz CT molecular complexity index is 839. The summed E-state index contributed by atoms with van der Waals surface area (Å²) < 4.78 is 1.60. The van der Waals surface area contributed by atoms with Gasteiger partial charge in [0.2, 0.25) is 0 Å². The molecule has 1 aliphatic heterocycles. The molecule has 25 heavy (non-hydrogen) atoms. The van der Waals surface area contributed by atoms with Gasteiger partial charge in [0.1, 0.15) is 5.52 Å². The second kappa shape index (κ2) is 7.27. The Morgan fingerprint density at radius 2 is 2.08 bits per heavy atom. The lowest BCUT2D eigenvalue weighted by atomic mass is 10.0. The topological polar surface area (TPSA) is 61.3 Å². The van der Waals surface area contributed by atoms with Gasteiger partial charge in [0.05, 0.1) is 5.56 Å². The Balaban J connectivity index is 1.92. The summed E-state index contributed by atoms with van der Waals surface area (Å²) in [7, 11) is 4.17. The van der Waals surface area contributed by atoms with E-state index in [4.69, 9.17) is 0 Å². The number of nitrogens with zero attached hydrogens (tertiary/aromatic N) is 3. The number of aromatic nitrogens is 2. The maximum atomic E-state index is 13.1. The quantitative estimate of drug-likeness (QED) is 0.866. The van der Waals surface area contributed by atoms with E-state index in [0.717, 1.165) is 25.9 Å². The van der Waals surface area contributed by atoms with Crippen LogP contribution in [0.2, 0.25) is 0 Å². The van der Waals surface area contributed by atoms with Crippen LogP contribution in [0.4, 0.5) is 0 Å². The molecular weight excluding hydrogens is 316 g/mol. The number of pyridine rings is 1. The molecule has 0 aromatic carbocycles. The summed E-state index contributed by atoms with van der Waals surface area (Å²) in [4.78, 5) is 32.7. The minimum Gasteiger partial charge on any atom is -0.357 e. The van der Waals surface area contributed by atoms with Gasteiger partial charge in [-0.05, 0) is 39.9 Å². The van der Waals surface area contributed by atoms with Crippen molar-refractivity contribution in [2.75, 3.05) is 27.2 Å². The van der Waals surface area contributed by atoms with Gasteiger partial charge in [-0.2, -0.15) is 0 Å². The Kier molecular flexibility index (Phi) is 5.08. The van der Waals surface area contributed by atoms with Crippen molar-refractivity contribution < 1.29 is 4.79 Å². The van der Waals surface area contributed by atoms with E-state index >= 15 is 0 Å². The maximum absolute atomic E-state index is 13.1. The van der Waals surface area contributed by atoms with Gasteiger partial charge in [-0.1, -0.05) is 12.2 Å². The number of likely N-dealkylation sites (tertiary alicyclic amines) is 1. The molecule has 0 spiro atoms. The Labute approximate surface area is 147 Å². The molecule has 0 radical (unpaired) electrons. The van der Waals surface area contributed by atoms with Crippen molar-refractivity contribution in [2.24, 2.45) is 0 Å². The number of aromatic amines is 1. The van der Waals surface area contributed by atoms with Gasteiger partial charge in [-0.15, -0.1) is 0 Å². The number of rotatable bonds is 4. The zero-order valence-corrected chi connectivity index (χ0v) is 15.2. The van der Waals surface area contributed by atoms with E-state index in [1.165, 1.54) is 0 Å². The van der Waals surface area contributed by atoms with Gasteiger partial charge in [-0.25, -0.2) is 0 Å². The van der Waals surface area contributed by atoms with Crippen LogP contribution in [0.25, 0.3) is 10.9 Å². The molecule has 6 heteroatoms. The molecule has 1 fully saturated rings. The minimum atomic E-state index is -0.0963. The van der Waals surface area contributed by atoms with E-state index in [2.05, 4.69) is 24.0 Å². The smallest absolute Gasteiger partial charge is 0.275 e. The number of carbonyl (C=O) groups is 1. The molecule has 0 aliphatic carbocycles. The summed E-state index contributed by atoms with van der Waals surface area (Å²) in [5, 5.41) is 0.710. The number of hydrogen-bond donors (Lipinski definition) is 1. The zero-order valence-electron chi connectivity index (χ0n) is 15.2. The fraction of sp³-hybridized carbons (Fsp3) is 0.474. The van der Waals surface area contributed by atoms with Crippen LogP contribution < -0.4 is 5.56 Å². The molecule has 1 aliphatic rings. The first-order valence-corrected chi connectivity index (χ1v) is 8.80. The fourth-order valence-corrected chi connectivity index (χ4v) is 3.48. The van der Waals surface area contributed by atoms with Crippen LogP contribution in [0.5, 0.6) is 0 Å². The molecule has 2 aromatic heterocycles. The van der Waals surface area contributed by atoms with Crippen LogP contribution in [0.3, 0.4) is 0 Å². The molecule has 3 rings (SSSR count). The van der Waals surface area contributed by atoms with Crippen LogP contribution in [-0.4, -0.2) is 58.5 Å². The second-order valence-electron chi connectivity index (χ2n) is 6.82. The van der Waals surface area contributed by atoms with Crippen molar-refractivity contribution in [3.63, 3.8) is 0 Å². The number of fused-ring (bicyclic) bond motifs is 1. The largest absolute Gasteiger partial charge is 0.357 e. The number of carbonyl (C=O) groups excluding carboxylic acids is 1. The lowest BCUT2D eigenvalue weighted by molar-refractivity contribution is 0.0664. The van der Waals surface area contributed by atoms with Gasteiger partial charge < -0.3 is 19.4 Å². The van der Waals surface area contributed by atoms with Crippen LogP contribution in [0.15, 0.2) is 35.4 Å². The standard InChI is InChI=1S/C19H26N4O2/c1-4-5-10-23-13-16(15-6-9-20-17(15)19(23)25)18(24)22-11-7-14(8-12-22)21(2)3/h4-6,9,13-14,20H,7-8,10-12H2,1-3H3. The first-order valence-electron chi connectivity index (χ1n) is 8.80. The SMILES string of the molecule is CC=CCn1cc(C(=O)N2CCC(N(C)C)CC2)c2cc[nH]c2c1=O. The average molecular weight is 342 g/mol. The van der Waals surface area contributed by atoms with E-state index in [1.807, 2.05) is 30.0 Å². The van der Waals surface area contributed by atoms with Gasteiger partial charge in [-0.3, -0.25) is 9.59 Å². The highest BCUT2D eigenvalue weighted by atomic mass is 16.2. The molecule has 3 heterocycles. The van der Waals surface area contributed by atoms with E-state index < -0.39 is 0 Å². The molecule has 0 saturated carbocycles. The fourth-order valence-electron chi connectivity index (χ4n) is 3.48. The molecule has 1 N–H and O–H groups in total. The molecule has 0 unspecified atom stereocenters. The molecule has 6 nitrogen and oxygen atoms in total. The van der Waals surface area contributed by atoms with Crippen molar-refractivity contribution in [1.82, 2.24) is 19.4 Å². The predicted molar refractivity (Wildman–Crippen MR) is 100.0 cm³/mol. The lowest BCUT2D eigenvalue weighted by Crippen LogP contribution is -2.44. The lowest BCUT2D eigenvalue weighted by Gasteiger charge is -2.35. The van der Waals surface area contributed by atoms with E-state index in [9.17, 15) is 9.59 Å². The third-order valence-corrected chi connectivity index (χ3v) is 5.05. The van der Waals surface area contributed by atoms with Crippen LogP contribution in [0.1, 0.15) is 30.1 Å². The third kappa shape index (κ3) is 3.39. The first-order chi connectivity index (χ1) is 12.0. The number of nitrogens with one attached hydrogen (secondary N) is 1. The summed E-state index contributed by atoms with van der Waals surface area (Å²) in [6.07, 6.45) is 9.20. The number of allylic oxidation sites excluding steroid dienone is 2. The predicted octanol–water partition coefficient (Wildman–Crippen LogP) is 2.07. The Morgan fingerprint density at radius 3 is 2.72 bits per heavy atom. The van der Waals surface area contributed by atoms with Crippen molar-refractivity contribution in [2.45, 2.75) is 32.4 Å². The van der Waals surface area contributed by atoms with Crippen molar-refractivity contribution in [3.8, 4) is 0 Å². The average Bonchev–Trinajstić information content (AvgIpc) is 3.11. The van der Waals surface area contributed by atoms with E-state index in [0.29, 0.717) is 29.1 Å². The molecule has 1 amide bonds. The number of piperidine rings is 1. The molecule has 134 valence electrons. The highest BCUT2D eigenvalue weighted by Gasteiger charge is 2.26. The van der Waals surface area contributed by atoms with E-state index in [1.54, 1.807) is 17.0 Å². The summed E-state index contributed by atoms with van der Waals surface area (Å²) in [6, 6.07) is 2.34. The van der Waals surface area contributed by atoms with Crippen molar-refractivity contribution in [3.05, 3.63) is 46.5 Å². The Hall–Kier alpha value is -2.34. The molecular formula is C19H26N4O2. The third-order valence-electron chi connectivity index (χ3n) is 5.05. The molecule has 0 atom stereocenters. The van der Waals surface area contributed by atoms with Gasteiger partial charge in [0, 0.05) is 43.5 Å². The van der Waals surface area contributed by atoms with Crippen molar-refractivity contribution in [1.29, 1.82) is 0 Å².